The Hall–Kier alpha value is -2.00. The summed E-state index contributed by atoms with van der Waals surface area (Å²) in [6, 6.07) is 2.81. The first-order valence-electron chi connectivity index (χ1n) is 9.05. The van der Waals surface area contributed by atoms with Gasteiger partial charge in [-0.2, -0.15) is 4.31 Å². The maximum Gasteiger partial charge on any atom is 0.243 e. The summed E-state index contributed by atoms with van der Waals surface area (Å²) in [7, 11) is -2.55. The second-order valence-corrected chi connectivity index (χ2v) is 9.14. The number of fused-ring (bicyclic) bond motifs is 2. The minimum absolute atomic E-state index is 0.0123. The lowest BCUT2D eigenvalue weighted by Crippen LogP contribution is -2.53. The van der Waals surface area contributed by atoms with Gasteiger partial charge in [0.2, 0.25) is 21.8 Å². The van der Waals surface area contributed by atoms with E-state index in [1.807, 2.05) is 0 Å². The average molecular weight is 396 g/mol. The van der Waals surface area contributed by atoms with E-state index in [9.17, 15) is 22.4 Å². The van der Waals surface area contributed by atoms with Crippen molar-refractivity contribution in [1.29, 1.82) is 0 Å². The van der Waals surface area contributed by atoms with E-state index in [1.54, 1.807) is 0 Å². The number of hydrogen-bond acceptors (Lipinski definition) is 5. The normalized spacial score (nSPS) is 28.8. The molecule has 7 nitrogen and oxygen atoms in total. The van der Waals surface area contributed by atoms with Gasteiger partial charge >= 0.3 is 0 Å². The van der Waals surface area contributed by atoms with Crippen molar-refractivity contribution >= 4 is 21.8 Å². The summed E-state index contributed by atoms with van der Waals surface area (Å²) in [6.45, 7) is 0. The molecule has 0 aromatic heterocycles. The molecule has 0 aliphatic carbocycles. The molecule has 3 fully saturated rings. The van der Waals surface area contributed by atoms with E-state index in [0.717, 1.165) is 6.07 Å². The number of ether oxygens (including phenoxy) is 1. The van der Waals surface area contributed by atoms with Gasteiger partial charge in [0.25, 0.3) is 0 Å². The molecule has 1 aromatic rings. The first kappa shape index (κ1) is 18.4. The van der Waals surface area contributed by atoms with E-state index in [0.29, 0.717) is 25.7 Å². The molecule has 3 aliphatic heterocycles. The fraction of sp³-hybridized carbons (Fsp3) is 0.556. The molecular formula is C18H21FN2O5S. The molecule has 0 radical (unpaired) electrons. The van der Waals surface area contributed by atoms with E-state index in [4.69, 9.17) is 4.74 Å². The van der Waals surface area contributed by atoms with Crippen molar-refractivity contribution in [1.82, 2.24) is 9.21 Å². The third kappa shape index (κ3) is 2.93. The van der Waals surface area contributed by atoms with Crippen molar-refractivity contribution in [2.24, 2.45) is 0 Å². The predicted molar refractivity (Wildman–Crippen MR) is 92.9 cm³/mol. The van der Waals surface area contributed by atoms with Crippen molar-refractivity contribution in [2.75, 3.05) is 7.11 Å². The molecule has 27 heavy (non-hydrogen) atoms. The molecule has 1 aromatic carbocycles. The number of imide groups is 1. The van der Waals surface area contributed by atoms with Crippen LogP contribution >= 0.6 is 0 Å². The van der Waals surface area contributed by atoms with E-state index in [1.165, 1.54) is 28.4 Å². The summed E-state index contributed by atoms with van der Waals surface area (Å²) in [5.74, 6) is -1.08. The van der Waals surface area contributed by atoms with Crippen LogP contribution in [0.5, 0.6) is 5.75 Å². The molecule has 3 saturated heterocycles. The predicted octanol–water partition coefficient (Wildman–Crippen LogP) is 1.67. The first-order valence-corrected chi connectivity index (χ1v) is 10.5. The van der Waals surface area contributed by atoms with Crippen LogP contribution in [0.25, 0.3) is 0 Å². The zero-order chi connectivity index (χ0) is 19.3. The third-order valence-electron chi connectivity index (χ3n) is 5.80. The van der Waals surface area contributed by atoms with Crippen LogP contribution in [0.1, 0.15) is 38.5 Å². The molecule has 2 bridgehead atoms. The Kier molecular flexibility index (Phi) is 4.46. The van der Waals surface area contributed by atoms with Crippen LogP contribution in [-0.2, 0) is 19.6 Å². The number of hydrogen-bond donors (Lipinski definition) is 0. The van der Waals surface area contributed by atoms with Crippen LogP contribution in [0, 0.1) is 5.82 Å². The highest BCUT2D eigenvalue weighted by Gasteiger charge is 2.50. The fourth-order valence-electron chi connectivity index (χ4n) is 4.64. The Labute approximate surface area is 157 Å². The van der Waals surface area contributed by atoms with Gasteiger partial charge in [-0.25, -0.2) is 12.8 Å². The van der Waals surface area contributed by atoms with Crippen LogP contribution in [0.4, 0.5) is 4.39 Å². The van der Waals surface area contributed by atoms with Crippen LogP contribution in [0.3, 0.4) is 0 Å². The number of sulfonamides is 1. The van der Waals surface area contributed by atoms with Gasteiger partial charge in [-0.3, -0.25) is 14.5 Å². The number of piperidine rings is 1. The molecule has 0 N–H and O–H groups in total. The number of halogens is 1. The van der Waals surface area contributed by atoms with E-state index >= 15 is 0 Å². The fourth-order valence-corrected chi connectivity index (χ4v) is 6.54. The van der Waals surface area contributed by atoms with Crippen molar-refractivity contribution in [2.45, 2.75) is 61.5 Å². The minimum Gasteiger partial charge on any atom is -0.494 e. The third-order valence-corrected chi connectivity index (χ3v) is 7.80. The Morgan fingerprint density at radius 3 is 2.15 bits per heavy atom. The van der Waals surface area contributed by atoms with Crippen molar-refractivity contribution in [3.8, 4) is 5.75 Å². The van der Waals surface area contributed by atoms with Gasteiger partial charge in [0.15, 0.2) is 11.6 Å². The molecule has 146 valence electrons. The highest BCUT2D eigenvalue weighted by molar-refractivity contribution is 7.89. The lowest BCUT2D eigenvalue weighted by atomic mass is 9.98. The van der Waals surface area contributed by atoms with Gasteiger partial charge in [0.1, 0.15) is 0 Å². The molecule has 3 aliphatic rings. The number of amides is 2. The summed E-state index contributed by atoms with van der Waals surface area (Å²) in [5.41, 5.74) is 0. The van der Waals surface area contributed by atoms with Crippen molar-refractivity contribution < 1.29 is 27.1 Å². The lowest BCUT2D eigenvalue weighted by Gasteiger charge is -2.40. The number of rotatable bonds is 4. The maximum absolute atomic E-state index is 14.0. The number of likely N-dealkylation sites (tertiary alicyclic amines) is 1. The summed E-state index contributed by atoms with van der Waals surface area (Å²) in [4.78, 5) is 25.3. The van der Waals surface area contributed by atoms with Gasteiger partial charge in [-0.05, 0) is 43.9 Å². The van der Waals surface area contributed by atoms with Gasteiger partial charge in [0, 0.05) is 31.0 Å². The Bertz CT molecular complexity index is 873. The Morgan fingerprint density at radius 2 is 1.63 bits per heavy atom. The number of benzene rings is 1. The number of methoxy groups -OCH3 is 1. The monoisotopic (exact) mass is 396 g/mol. The topological polar surface area (TPSA) is 84.0 Å². The van der Waals surface area contributed by atoms with Crippen molar-refractivity contribution in [3.63, 3.8) is 0 Å². The van der Waals surface area contributed by atoms with Gasteiger partial charge in [0.05, 0.1) is 12.0 Å². The van der Waals surface area contributed by atoms with Gasteiger partial charge in [-0.1, -0.05) is 0 Å². The van der Waals surface area contributed by atoms with Crippen molar-refractivity contribution in [3.05, 3.63) is 24.0 Å². The highest BCUT2D eigenvalue weighted by atomic mass is 32.2. The molecule has 0 spiro atoms. The van der Waals surface area contributed by atoms with Gasteiger partial charge < -0.3 is 4.74 Å². The first-order chi connectivity index (χ1) is 12.8. The molecule has 0 saturated carbocycles. The molecular weight excluding hydrogens is 375 g/mol. The quantitative estimate of drug-likeness (QED) is 0.723. The van der Waals surface area contributed by atoms with Crippen LogP contribution < -0.4 is 4.74 Å². The van der Waals surface area contributed by atoms with Crippen LogP contribution in [0.2, 0.25) is 0 Å². The zero-order valence-electron chi connectivity index (χ0n) is 14.9. The van der Waals surface area contributed by atoms with Crippen LogP contribution in [-0.4, -0.2) is 54.7 Å². The summed E-state index contributed by atoms with van der Waals surface area (Å²) < 4.78 is 46.6. The molecule has 2 atom stereocenters. The summed E-state index contributed by atoms with van der Waals surface area (Å²) in [6.07, 6.45) is 2.69. The largest absolute Gasteiger partial charge is 0.494 e. The number of nitrogens with zero attached hydrogens (tertiary/aromatic N) is 2. The molecule has 2 unspecified atom stereocenters. The van der Waals surface area contributed by atoms with E-state index < -0.39 is 15.8 Å². The SMILES string of the molecule is COc1ccc(S(=O)(=O)N2C3CCC2CC(N2C(=O)CCC2=O)C3)cc1F. The smallest absolute Gasteiger partial charge is 0.243 e. The Morgan fingerprint density at radius 1 is 1.04 bits per heavy atom. The average Bonchev–Trinajstić information content (AvgIpc) is 3.11. The number of carbonyl (C=O) groups excluding carboxylic acids is 2. The van der Waals surface area contributed by atoms with Gasteiger partial charge in [-0.15, -0.1) is 0 Å². The summed E-state index contributed by atoms with van der Waals surface area (Å²) >= 11 is 0. The van der Waals surface area contributed by atoms with E-state index in [2.05, 4.69) is 0 Å². The summed E-state index contributed by atoms with van der Waals surface area (Å²) in [5, 5.41) is 0. The molecule has 3 heterocycles. The van der Waals surface area contributed by atoms with Crippen LogP contribution in [0.15, 0.2) is 23.1 Å². The molecule has 4 rings (SSSR count). The maximum atomic E-state index is 14.0. The van der Waals surface area contributed by atoms with E-state index in [-0.39, 0.29) is 53.4 Å². The second kappa shape index (κ2) is 6.56. The zero-order valence-corrected chi connectivity index (χ0v) is 15.7. The Balaban J connectivity index is 1.60. The second-order valence-electron chi connectivity index (χ2n) is 7.30. The minimum atomic E-state index is -3.87. The number of carbonyl (C=O) groups is 2. The standard InChI is InChI=1S/C18H21FN2O5S/c1-26-16-5-4-14(10-15(16)19)27(24,25)21-11-2-3-12(21)9-13(8-11)20-17(22)6-7-18(20)23/h4-5,10-13H,2-3,6-9H2,1H3. The lowest BCUT2D eigenvalue weighted by molar-refractivity contribution is -0.142. The highest BCUT2D eigenvalue weighted by Crippen LogP contribution is 2.42. The molecule has 2 amide bonds. The molecule has 9 heteroatoms.